The number of nitrogen functional groups attached to an aromatic ring is 1. The molecule has 21 heavy (non-hydrogen) atoms. The fraction of sp³-hybridized carbons (Fsp3) is 0.625. The maximum atomic E-state index is 13.1. The summed E-state index contributed by atoms with van der Waals surface area (Å²) in [6, 6.07) is 1.86. The van der Waals surface area contributed by atoms with Crippen LogP contribution in [0.4, 0.5) is 5.69 Å². The molecule has 4 nitrogen and oxygen atoms in total. The number of hydrogen-bond acceptors (Lipinski definition) is 3. The van der Waals surface area contributed by atoms with Crippen molar-refractivity contribution in [1.29, 1.82) is 0 Å². The van der Waals surface area contributed by atoms with Crippen LogP contribution in [0.2, 0.25) is 0 Å². The van der Waals surface area contributed by atoms with Crippen LogP contribution in [-0.4, -0.2) is 25.8 Å². The van der Waals surface area contributed by atoms with E-state index in [1.807, 2.05) is 26.8 Å². The lowest BCUT2D eigenvalue weighted by Gasteiger charge is -2.22. The molecule has 2 unspecified atom stereocenters. The lowest BCUT2D eigenvalue weighted by molar-refractivity contribution is 0.444. The zero-order valence-corrected chi connectivity index (χ0v) is 13.8. The summed E-state index contributed by atoms with van der Waals surface area (Å²) < 4.78 is 27.9. The zero-order valence-electron chi connectivity index (χ0n) is 13.0. The molecule has 0 aromatic heterocycles. The first-order valence-electron chi connectivity index (χ1n) is 7.68. The topological polar surface area (TPSA) is 63.4 Å². The highest BCUT2D eigenvalue weighted by Crippen LogP contribution is 2.41. The third-order valence-electron chi connectivity index (χ3n) is 5.37. The van der Waals surface area contributed by atoms with Gasteiger partial charge < -0.3 is 5.73 Å². The van der Waals surface area contributed by atoms with E-state index in [2.05, 4.69) is 0 Å². The third-order valence-corrected chi connectivity index (χ3v) is 7.47. The second-order valence-corrected chi connectivity index (χ2v) is 8.51. The second kappa shape index (κ2) is 4.99. The van der Waals surface area contributed by atoms with Crippen molar-refractivity contribution < 1.29 is 8.42 Å². The molecule has 2 N–H and O–H groups in total. The second-order valence-electron chi connectivity index (χ2n) is 6.63. The monoisotopic (exact) mass is 308 g/mol. The fourth-order valence-electron chi connectivity index (χ4n) is 3.95. The Labute approximate surface area is 127 Å². The van der Waals surface area contributed by atoms with Gasteiger partial charge in [-0.1, -0.05) is 6.42 Å². The highest BCUT2D eigenvalue weighted by molar-refractivity contribution is 7.89. The first-order valence-corrected chi connectivity index (χ1v) is 9.12. The summed E-state index contributed by atoms with van der Waals surface area (Å²) in [4.78, 5) is 0.431. The number of anilines is 1. The van der Waals surface area contributed by atoms with Crippen LogP contribution in [0.5, 0.6) is 0 Å². The molecular formula is C16H24N2O2S. The van der Waals surface area contributed by atoms with E-state index < -0.39 is 10.0 Å². The SMILES string of the molecule is Cc1cc(N)c(C)c(S(=O)(=O)N2CC3CCCC3C2)c1C. The van der Waals surface area contributed by atoms with Gasteiger partial charge in [0.25, 0.3) is 0 Å². The highest BCUT2D eigenvalue weighted by atomic mass is 32.2. The van der Waals surface area contributed by atoms with E-state index in [4.69, 9.17) is 5.73 Å². The van der Waals surface area contributed by atoms with E-state index in [0.717, 1.165) is 11.1 Å². The van der Waals surface area contributed by atoms with Gasteiger partial charge in [0, 0.05) is 18.8 Å². The summed E-state index contributed by atoms with van der Waals surface area (Å²) in [5.74, 6) is 1.12. The highest BCUT2D eigenvalue weighted by Gasteiger charge is 2.42. The van der Waals surface area contributed by atoms with Crippen molar-refractivity contribution in [1.82, 2.24) is 4.31 Å². The lowest BCUT2D eigenvalue weighted by Crippen LogP contribution is -2.31. The Morgan fingerprint density at radius 1 is 1.10 bits per heavy atom. The summed E-state index contributed by atoms with van der Waals surface area (Å²) in [5.41, 5.74) is 9.02. The van der Waals surface area contributed by atoms with E-state index in [1.165, 1.54) is 19.3 Å². The molecule has 0 spiro atoms. The van der Waals surface area contributed by atoms with Crippen molar-refractivity contribution in [2.24, 2.45) is 11.8 Å². The molecular weight excluding hydrogens is 284 g/mol. The molecule has 2 fully saturated rings. The molecule has 1 heterocycles. The van der Waals surface area contributed by atoms with E-state index in [0.29, 0.717) is 41.1 Å². The van der Waals surface area contributed by atoms with Crippen LogP contribution in [0.1, 0.15) is 36.0 Å². The molecule has 1 aromatic rings. The zero-order chi connectivity index (χ0) is 15.4. The number of rotatable bonds is 2. The summed E-state index contributed by atoms with van der Waals surface area (Å²) in [5, 5.41) is 0. The van der Waals surface area contributed by atoms with Gasteiger partial charge in [-0.15, -0.1) is 0 Å². The quantitative estimate of drug-likeness (QED) is 0.854. The summed E-state index contributed by atoms with van der Waals surface area (Å²) >= 11 is 0. The van der Waals surface area contributed by atoms with E-state index in [-0.39, 0.29) is 0 Å². The van der Waals surface area contributed by atoms with Crippen molar-refractivity contribution in [2.45, 2.75) is 44.9 Å². The van der Waals surface area contributed by atoms with Gasteiger partial charge in [-0.3, -0.25) is 0 Å². The van der Waals surface area contributed by atoms with Crippen molar-refractivity contribution in [3.05, 3.63) is 22.8 Å². The minimum Gasteiger partial charge on any atom is -0.398 e. The normalized spacial score (nSPS) is 26.2. The molecule has 2 aliphatic rings. The van der Waals surface area contributed by atoms with Gasteiger partial charge >= 0.3 is 0 Å². The van der Waals surface area contributed by atoms with Gasteiger partial charge in [-0.25, -0.2) is 8.42 Å². The Balaban J connectivity index is 2.04. The largest absolute Gasteiger partial charge is 0.398 e. The smallest absolute Gasteiger partial charge is 0.243 e. The molecule has 0 bridgehead atoms. The van der Waals surface area contributed by atoms with Crippen LogP contribution < -0.4 is 5.73 Å². The van der Waals surface area contributed by atoms with Gasteiger partial charge in [-0.05, 0) is 68.2 Å². The summed E-state index contributed by atoms with van der Waals surface area (Å²) in [7, 11) is -3.43. The molecule has 1 aliphatic heterocycles. The van der Waals surface area contributed by atoms with Crippen LogP contribution in [0.3, 0.4) is 0 Å². The number of aryl methyl sites for hydroxylation is 1. The predicted molar refractivity (Wildman–Crippen MR) is 84.7 cm³/mol. The van der Waals surface area contributed by atoms with Crippen molar-refractivity contribution >= 4 is 15.7 Å². The average molecular weight is 308 g/mol. The molecule has 1 saturated heterocycles. The number of sulfonamides is 1. The Morgan fingerprint density at radius 3 is 2.24 bits per heavy atom. The predicted octanol–water partition coefficient (Wildman–Crippen LogP) is 2.61. The first-order chi connectivity index (χ1) is 9.82. The van der Waals surface area contributed by atoms with Crippen LogP contribution >= 0.6 is 0 Å². The molecule has 2 atom stereocenters. The Hall–Kier alpha value is -1.07. The molecule has 116 valence electrons. The van der Waals surface area contributed by atoms with E-state index in [9.17, 15) is 8.42 Å². The Morgan fingerprint density at radius 2 is 1.67 bits per heavy atom. The first kappa shape index (κ1) is 14.9. The van der Waals surface area contributed by atoms with Gasteiger partial charge in [0.05, 0.1) is 4.90 Å². The van der Waals surface area contributed by atoms with E-state index >= 15 is 0 Å². The standard InChI is InChI=1S/C16H24N2O2S/c1-10-7-15(17)12(3)16(11(10)2)21(19,20)18-8-13-5-4-6-14(13)9-18/h7,13-14H,4-6,8-9,17H2,1-3H3. The molecule has 3 rings (SSSR count). The molecule has 1 saturated carbocycles. The number of nitrogens with zero attached hydrogens (tertiary/aromatic N) is 1. The number of benzene rings is 1. The third kappa shape index (κ3) is 2.27. The molecule has 0 amide bonds. The molecule has 0 radical (unpaired) electrons. The van der Waals surface area contributed by atoms with Crippen LogP contribution in [0, 0.1) is 32.6 Å². The summed E-state index contributed by atoms with van der Waals surface area (Å²) in [6.07, 6.45) is 3.59. The van der Waals surface area contributed by atoms with Gasteiger partial charge in [0.15, 0.2) is 0 Å². The molecule has 5 heteroatoms. The minimum atomic E-state index is -3.43. The number of hydrogen-bond donors (Lipinski definition) is 1. The van der Waals surface area contributed by atoms with Crippen LogP contribution in [0.25, 0.3) is 0 Å². The summed E-state index contributed by atoms with van der Waals surface area (Å²) in [6.45, 7) is 6.97. The Kier molecular flexibility index (Phi) is 3.53. The van der Waals surface area contributed by atoms with Gasteiger partial charge in [0.1, 0.15) is 0 Å². The van der Waals surface area contributed by atoms with Gasteiger partial charge in [-0.2, -0.15) is 4.31 Å². The van der Waals surface area contributed by atoms with Crippen LogP contribution in [0.15, 0.2) is 11.0 Å². The molecule has 1 aromatic carbocycles. The average Bonchev–Trinajstić information content (AvgIpc) is 2.97. The Bertz CT molecular complexity index is 644. The van der Waals surface area contributed by atoms with Crippen molar-refractivity contribution in [2.75, 3.05) is 18.8 Å². The van der Waals surface area contributed by atoms with Crippen molar-refractivity contribution in [3.8, 4) is 0 Å². The number of nitrogens with two attached hydrogens (primary N) is 1. The maximum absolute atomic E-state index is 13.1. The number of fused-ring (bicyclic) bond motifs is 1. The lowest BCUT2D eigenvalue weighted by atomic mass is 10.0. The fourth-order valence-corrected chi connectivity index (χ4v) is 6.03. The van der Waals surface area contributed by atoms with Gasteiger partial charge in [0.2, 0.25) is 10.0 Å². The van der Waals surface area contributed by atoms with Crippen LogP contribution in [-0.2, 0) is 10.0 Å². The minimum absolute atomic E-state index is 0.431. The maximum Gasteiger partial charge on any atom is 0.243 e. The van der Waals surface area contributed by atoms with E-state index in [1.54, 1.807) is 4.31 Å². The van der Waals surface area contributed by atoms with Crippen molar-refractivity contribution in [3.63, 3.8) is 0 Å². The molecule has 1 aliphatic carbocycles.